The zero-order valence-corrected chi connectivity index (χ0v) is 17.7. The maximum Gasteiger partial charge on any atom is 0.261 e. The van der Waals surface area contributed by atoms with Crippen molar-refractivity contribution < 1.29 is 18.9 Å². The second-order valence-corrected chi connectivity index (χ2v) is 8.19. The quantitative estimate of drug-likeness (QED) is 0.590. The predicted molar refractivity (Wildman–Crippen MR) is 114 cm³/mol. The average Bonchev–Trinajstić information content (AvgIpc) is 3.36. The first kappa shape index (κ1) is 20.1. The number of carbonyl (C=O) groups is 3. The van der Waals surface area contributed by atoms with Crippen LogP contribution in [0.2, 0.25) is 0 Å². The van der Waals surface area contributed by atoms with Gasteiger partial charge in [-0.2, -0.15) is 4.98 Å². The molecule has 8 heteroatoms. The Morgan fingerprint density at radius 2 is 1.75 bits per heavy atom. The molecule has 0 bridgehead atoms. The van der Waals surface area contributed by atoms with Gasteiger partial charge in [0, 0.05) is 24.6 Å². The third-order valence-electron chi connectivity index (χ3n) is 6.08. The van der Waals surface area contributed by atoms with E-state index in [4.69, 9.17) is 4.52 Å². The van der Waals surface area contributed by atoms with Gasteiger partial charge in [-0.25, -0.2) is 0 Å². The van der Waals surface area contributed by atoms with Crippen LogP contribution in [0, 0.1) is 6.92 Å². The van der Waals surface area contributed by atoms with Crippen LogP contribution < -0.4 is 0 Å². The maximum absolute atomic E-state index is 13.1. The molecule has 1 fully saturated rings. The fourth-order valence-corrected chi connectivity index (χ4v) is 4.32. The summed E-state index contributed by atoms with van der Waals surface area (Å²) in [6.45, 7) is 3.12. The van der Waals surface area contributed by atoms with Crippen LogP contribution >= 0.6 is 0 Å². The Balaban J connectivity index is 1.29. The molecular weight excluding hydrogens is 408 g/mol. The minimum atomic E-state index is -0.367. The van der Waals surface area contributed by atoms with Crippen LogP contribution in [0.3, 0.4) is 0 Å². The van der Waals surface area contributed by atoms with E-state index >= 15 is 0 Å². The van der Waals surface area contributed by atoms with Gasteiger partial charge in [0.15, 0.2) is 5.82 Å². The van der Waals surface area contributed by atoms with Gasteiger partial charge in [-0.3, -0.25) is 19.3 Å². The monoisotopic (exact) mass is 430 g/mol. The largest absolute Gasteiger partial charge is 0.339 e. The highest BCUT2D eigenvalue weighted by Crippen LogP contribution is 2.29. The van der Waals surface area contributed by atoms with Gasteiger partial charge in [0.05, 0.1) is 17.7 Å². The van der Waals surface area contributed by atoms with Crippen molar-refractivity contribution in [2.75, 3.05) is 13.1 Å². The Kier molecular flexibility index (Phi) is 5.05. The first-order valence-corrected chi connectivity index (χ1v) is 10.6. The van der Waals surface area contributed by atoms with E-state index in [1.807, 2.05) is 30.3 Å². The molecule has 3 amide bonds. The van der Waals surface area contributed by atoms with Gasteiger partial charge >= 0.3 is 0 Å². The van der Waals surface area contributed by atoms with E-state index in [9.17, 15) is 14.4 Å². The summed E-state index contributed by atoms with van der Waals surface area (Å²) in [5.74, 6) is 0.533. The van der Waals surface area contributed by atoms with Crippen molar-refractivity contribution in [1.82, 2.24) is 19.9 Å². The van der Waals surface area contributed by atoms with Crippen molar-refractivity contribution in [2.45, 2.75) is 32.2 Å². The predicted octanol–water partition coefficient (Wildman–Crippen LogP) is 3.19. The van der Waals surface area contributed by atoms with Crippen LogP contribution in [0.25, 0.3) is 0 Å². The fourth-order valence-electron chi connectivity index (χ4n) is 4.32. The van der Waals surface area contributed by atoms with Crippen LogP contribution in [-0.2, 0) is 6.54 Å². The number of likely N-dealkylation sites (tertiary alicyclic amines) is 1. The molecule has 2 aromatic carbocycles. The van der Waals surface area contributed by atoms with Gasteiger partial charge in [-0.15, -0.1) is 0 Å². The fraction of sp³-hybridized carbons (Fsp3) is 0.292. The zero-order valence-electron chi connectivity index (χ0n) is 17.7. The summed E-state index contributed by atoms with van der Waals surface area (Å²) >= 11 is 0. The number of piperidine rings is 1. The van der Waals surface area contributed by atoms with Crippen LogP contribution in [0.4, 0.5) is 0 Å². The molecule has 2 aliphatic heterocycles. The highest BCUT2D eigenvalue weighted by atomic mass is 16.5. The number of rotatable bonds is 4. The van der Waals surface area contributed by atoms with Gasteiger partial charge < -0.3 is 9.42 Å². The molecule has 8 nitrogen and oxygen atoms in total. The number of benzene rings is 2. The molecule has 0 radical (unpaired) electrons. The molecule has 1 aromatic heterocycles. The van der Waals surface area contributed by atoms with Crippen LogP contribution in [0.15, 0.2) is 53.1 Å². The normalized spacial score (nSPS) is 16.5. The zero-order chi connectivity index (χ0) is 22.2. The number of aryl methyl sites for hydroxylation is 1. The number of carbonyl (C=O) groups excluding carboxylic acids is 3. The summed E-state index contributed by atoms with van der Waals surface area (Å²) in [6.07, 6.45) is 1.47. The van der Waals surface area contributed by atoms with Crippen molar-refractivity contribution in [3.8, 4) is 0 Å². The van der Waals surface area contributed by atoms with Crippen LogP contribution in [0.1, 0.15) is 67.1 Å². The molecule has 3 aromatic rings. The van der Waals surface area contributed by atoms with Crippen molar-refractivity contribution in [1.29, 1.82) is 0 Å². The Bertz CT molecular complexity index is 1200. The summed E-state index contributed by atoms with van der Waals surface area (Å²) in [5.41, 5.74) is 1.91. The Hall–Kier alpha value is -3.81. The first-order valence-electron chi connectivity index (χ1n) is 10.6. The number of nitrogens with zero attached hydrogens (tertiary/aromatic N) is 4. The van der Waals surface area contributed by atoms with Crippen molar-refractivity contribution >= 4 is 17.7 Å². The van der Waals surface area contributed by atoms with Crippen molar-refractivity contribution in [2.24, 2.45) is 0 Å². The molecule has 0 saturated carbocycles. The van der Waals surface area contributed by atoms with Crippen LogP contribution in [-0.4, -0.2) is 50.8 Å². The van der Waals surface area contributed by atoms with E-state index < -0.39 is 0 Å². The Morgan fingerprint density at radius 3 is 2.44 bits per heavy atom. The minimum absolute atomic E-state index is 0.144. The maximum atomic E-state index is 13.1. The number of hydrogen-bond acceptors (Lipinski definition) is 6. The lowest BCUT2D eigenvalue weighted by Gasteiger charge is -2.30. The molecule has 0 aliphatic carbocycles. The van der Waals surface area contributed by atoms with E-state index in [-0.39, 0.29) is 35.7 Å². The molecular formula is C24H22N4O4. The third-order valence-corrected chi connectivity index (χ3v) is 6.08. The first-order chi connectivity index (χ1) is 15.5. The van der Waals surface area contributed by atoms with Crippen molar-refractivity contribution in [3.63, 3.8) is 0 Å². The molecule has 5 rings (SSSR count). The van der Waals surface area contributed by atoms with E-state index in [1.165, 1.54) is 4.90 Å². The van der Waals surface area contributed by atoms with E-state index in [1.54, 1.807) is 30.0 Å². The summed E-state index contributed by atoms with van der Waals surface area (Å²) in [6, 6.07) is 14.1. The summed E-state index contributed by atoms with van der Waals surface area (Å²) in [5, 5.41) is 3.84. The molecule has 0 spiro atoms. The number of imide groups is 1. The third kappa shape index (κ3) is 3.57. The molecule has 3 heterocycles. The number of amides is 3. The number of aromatic nitrogens is 2. The van der Waals surface area contributed by atoms with Crippen molar-refractivity contribution in [3.05, 3.63) is 82.5 Å². The van der Waals surface area contributed by atoms with Gasteiger partial charge in [0.25, 0.3) is 17.7 Å². The molecule has 162 valence electrons. The molecule has 0 atom stereocenters. The van der Waals surface area contributed by atoms with E-state index in [2.05, 4.69) is 10.1 Å². The summed E-state index contributed by atoms with van der Waals surface area (Å²) < 4.78 is 5.27. The SMILES string of the molecule is Cc1noc(C2CCN(C(=O)c3ccc4c(c3)C(=O)N(Cc3ccccc3)C4=O)CC2)n1. The lowest BCUT2D eigenvalue weighted by atomic mass is 9.96. The Labute approximate surface area is 184 Å². The van der Waals surface area contributed by atoms with Gasteiger partial charge in [-0.05, 0) is 43.5 Å². The minimum Gasteiger partial charge on any atom is -0.339 e. The molecule has 32 heavy (non-hydrogen) atoms. The lowest BCUT2D eigenvalue weighted by Crippen LogP contribution is -2.38. The van der Waals surface area contributed by atoms with Crippen LogP contribution in [0.5, 0.6) is 0 Å². The topological polar surface area (TPSA) is 96.6 Å². The van der Waals surface area contributed by atoms with Gasteiger partial charge in [0.2, 0.25) is 5.89 Å². The molecule has 2 aliphatic rings. The van der Waals surface area contributed by atoms with Gasteiger partial charge in [0.1, 0.15) is 0 Å². The molecule has 1 saturated heterocycles. The lowest BCUT2D eigenvalue weighted by molar-refractivity contribution is 0.0641. The standard InChI is InChI=1S/C24H22N4O4/c1-15-25-21(32-26-15)17-9-11-27(12-10-17)22(29)18-7-8-19-20(13-18)24(31)28(23(19)30)14-16-5-3-2-4-6-16/h2-8,13,17H,9-12,14H2,1H3. The summed E-state index contributed by atoms with van der Waals surface area (Å²) in [7, 11) is 0. The highest BCUT2D eigenvalue weighted by Gasteiger charge is 2.36. The second-order valence-electron chi connectivity index (χ2n) is 8.19. The second kappa shape index (κ2) is 8.03. The molecule has 0 N–H and O–H groups in total. The highest BCUT2D eigenvalue weighted by molar-refractivity contribution is 6.22. The van der Waals surface area contributed by atoms with Gasteiger partial charge in [-0.1, -0.05) is 35.5 Å². The van der Waals surface area contributed by atoms with E-state index in [0.29, 0.717) is 35.9 Å². The summed E-state index contributed by atoms with van der Waals surface area (Å²) in [4.78, 5) is 46.0. The number of hydrogen-bond donors (Lipinski definition) is 0. The Morgan fingerprint density at radius 1 is 1.03 bits per heavy atom. The average molecular weight is 430 g/mol. The smallest absolute Gasteiger partial charge is 0.261 e. The number of fused-ring (bicyclic) bond motifs is 1. The van der Waals surface area contributed by atoms with E-state index in [0.717, 1.165) is 18.4 Å². The molecule has 0 unspecified atom stereocenters.